The molecule has 202 valence electrons. The molecule has 5 rings (SSSR count). The molecule has 0 N–H and O–H groups in total. The molecule has 1 unspecified atom stereocenters. The molecule has 3 aromatic carbocycles. The predicted octanol–water partition coefficient (Wildman–Crippen LogP) is 4.44. The molecular formula is C29H32O7S2. The second kappa shape index (κ2) is 10.5. The monoisotopic (exact) mass is 556 g/mol. The van der Waals surface area contributed by atoms with Crippen molar-refractivity contribution in [1.29, 1.82) is 0 Å². The topological polar surface area (TPSA) is 96.0 Å². The number of ether oxygens (including phenoxy) is 3. The van der Waals surface area contributed by atoms with Gasteiger partial charge in [-0.15, -0.1) is 0 Å². The Hall–Kier alpha value is -2.56. The van der Waals surface area contributed by atoms with Gasteiger partial charge in [0.25, 0.3) is 0 Å². The summed E-state index contributed by atoms with van der Waals surface area (Å²) in [5.41, 5.74) is 2.54. The fourth-order valence-electron chi connectivity index (χ4n) is 5.49. The molecule has 1 saturated heterocycles. The van der Waals surface area contributed by atoms with E-state index in [4.69, 9.17) is 14.2 Å². The molecule has 1 aliphatic carbocycles. The Morgan fingerprint density at radius 3 is 1.79 bits per heavy atom. The summed E-state index contributed by atoms with van der Waals surface area (Å²) in [5, 5.41) is -2.78. The summed E-state index contributed by atoms with van der Waals surface area (Å²) in [4.78, 5) is 0.114. The maximum Gasteiger partial charge on any atom is 0.185 e. The van der Waals surface area contributed by atoms with Gasteiger partial charge >= 0.3 is 0 Å². The normalized spacial score (nSPS) is 28.0. The van der Waals surface area contributed by atoms with E-state index in [1.54, 1.807) is 24.3 Å². The van der Waals surface area contributed by atoms with Gasteiger partial charge in [0.1, 0.15) is 10.5 Å². The van der Waals surface area contributed by atoms with Gasteiger partial charge in [-0.2, -0.15) is 0 Å². The molecule has 0 aromatic heterocycles. The largest absolute Gasteiger partial charge is 0.380 e. The van der Waals surface area contributed by atoms with E-state index < -0.39 is 48.7 Å². The Morgan fingerprint density at radius 1 is 0.737 bits per heavy atom. The van der Waals surface area contributed by atoms with Crippen LogP contribution in [0, 0.1) is 19.8 Å². The van der Waals surface area contributed by atoms with Crippen LogP contribution in [0.15, 0.2) is 88.7 Å². The highest BCUT2D eigenvalue weighted by molar-refractivity contribution is 7.96. The summed E-state index contributed by atoms with van der Waals surface area (Å²) < 4.78 is 75.2. The first-order valence-electron chi connectivity index (χ1n) is 12.6. The van der Waals surface area contributed by atoms with E-state index in [9.17, 15) is 16.8 Å². The highest BCUT2D eigenvalue weighted by atomic mass is 32.2. The lowest BCUT2D eigenvalue weighted by Crippen LogP contribution is -2.62. The molecule has 0 bridgehead atoms. The van der Waals surface area contributed by atoms with Gasteiger partial charge in [0.05, 0.1) is 28.6 Å². The average Bonchev–Trinajstić information content (AvgIpc) is 2.92. The molecule has 2 fully saturated rings. The van der Waals surface area contributed by atoms with Crippen molar-refractivity contribution in [3.63, 3.8) is 0 Å². The molecule has 6 atom stereocenters. The van der Waals surface area contributed by atoms with Crippen LogP contribution in [0.4, 0.5) is 0 Å². The molecule has 38 heavy (non-hydrogen) atoms. The molecule has 3 aromatic rings. The minimum Gasteiger partial charge on any atom is -0.380 e. The Labute approximate surface area is 224 Å². The molecule has 1 saturated carbocycles. The quantitative estimate of drug-likeness (QED) is 0.443. The van der Waals surface area contributed by atoms with E-state index >= 15 is 0 Å². The fourth-order valence-corrected chi connectivity index (χ4v) is 10.3. The number of benzene rings is 3. The van der Waals surface area contributed by atoms with Crippen molar-refractivity contribution in [2.24, 2.45) is 5.92 Å². The van der Waals surface area contributed by atoms with Gasteiger partial charge in [-0.05, 0) is 44.5 Å². The van der Waals surface area contributed by atoms with Crippen LogP contribution in [0.2, 0.25) is 0 Å². The number of aryl methyl sites for hydroxylation is 2. The zero-order chi connectivity index (χ0) is 27.1. The Morgan fingerprint density at radius 2 is 1.26 bits per heavy atom. The Balaban J connectivity index is 1.66. The van der Waals surface area contributed by atoms with Crippen LogP contribution in [0.3, 0.4) is 0 Å². The molecular weight excluding hydrogens is 524 g/mol. The van der Waals surface area contributed by atoms with Gasteiger partial charge in [0.2, 0.25) is 0 Å². The lowest BCUT2D eigenvalue weighted by Gasteiger charge is -2.48. The second-order valence-corrected chi connectivity index (χ2v) is 14.3. The van der Waals surface area contributed by atoms with Gasteiger partial charge in [-0.1, -0.05) is 65.7 Å². The van der Waals surface area contributed by atoms with Gasteiger partial charge in [0, 0.05) is 18.6 Å². The molecule has 9 heteroatoms. The van der Waals surface area contributed by atoms with Crippen molar-refractivity contribution >= 4 is 19.7 Å². The number of hydrogen-bond donors (Lipinski definition) is 0. The Bertz CT molecular complexity index is 1470. The standard InChI is InChI=1S/C29H32O7S2/c1-19-9-13-23(14-10-19)37(30,31)27-25(34-3)17-22-18-35-29(21-7-5-4-6-8-21)36-26(22)28(27)38(32,33)24-15-11-20(2)12-16-24/h4-16,22,25-29H,17-18H2,1-3H3/t22-,25-,26-,27+,28+,29?/m1/s1. The molecule has 0 radical (unpaired) electrons. The van der Waals surface area contributed by atoms with Crippen molar-refractivity contribution in [1.82, 2.24) is 0 Å². The lowest BCUT2D eigenvalue weighted by molar-refractivity contribution is -0.252. The van der Waals surface area contributed by atoms with Gasteiger partial charge < -0.3 is 14.2 Å². The van der Waals surface area contributed by atoms with Crippen LogP contribution in [0.1, 0.15) is 29.4 Å². The molecule has 7 nitrogen and oxygen atoms in total. The van der Waals surface area contributed by atoms with Crippen LogP contribution in [0.5, 0.6) is 0 Å². The van der Waals surface area contributed by atoms with E-state index in [0.717, 1.165) is 16.7 Å². The minimum absolute atomic E-state index is 0.0547. The fraction of sp³-hybridized carbons (Fsp3) is 0.379. The van der Waals surface area contributed by atoms with Crippen LogP contribution in [-0.2, 0) is 33.9 Å². The molecule has 0 spiro atoms. The number of rotatable bonds is 6. The first-order valence-corrected chi connectivity index (χ1v) is 15.7. The molecule has 1 heterocycles. The summed E-state index contributed by atoms with van der Waals surface area (Å²) in [7, 11) is -6.91. The van der Waals surface area contributed by atoms with Gasteiger partial charge in [-0.25, -0.2) is 16.8 Å². The summed E-state index contributed by atoms with van der Waals surface area (Å²) in [6.07, 6.45) is -2.31. The van der Waals surface area contributed by atoms with Crippen molar-refractivity contribution in [3.8, 4) is 0 Å². The maximum atomic E-state index is 14.4. The number of fused-ring (bicyclic) bond motifs is 1. The van der Waals surface area contributed by atoms with Crippen LogP contribution in [0.25, 0.3) is 0 Å². The van der Waals surface area contributed by atoms with Gasteiger partial charge in [-0.3, -0.25) is 0 Å². The van der Waals surface area contributed by atoms with Crippen molar-refractivity contribution < 1.29 is 31.0 Å². The smallest absolute Gasteiger partial charge is 0.185 e. The third-order valence-electron chi connectivity index (χ3n) is 7.55. The zero-order valence-corrected chi connectivity index (χ0v) is 23.2. The van der Waals surface area contributed by atoms with E-state index in [0.29, 0.717) is 6.42 Å². The third kappa shape index (κ3) is 4.94. The number of hydrogen-bond acceptors (Lipinski definition) is 7. The highest BCUT2D eigenvalue weighted by Gasteiger charge is 2.59. The summed E-state index contributed by atoms with van der Waals surface area (Å²) >= 11 is 0. The van der Waals surface area contributed by atoms with Gasteiger partial charge in [0.15, 0.2) is 26.0 Å². The Kier molecular flexibility index (Phi) is 7.50. The molecule has 2 aliphatic rings. The minimum atomic E-state index is -4.19. The molecule has 0 amide bonds. The van der Waals surface area contributed by atoms with Crippen molar-refractivity contribution in [2.45, 2.75) is 59.1 Å². The van der Waals surface area contributed by atoms with Crippen molar-refractivity contribution in [2.75, 3.05) is 13.7 Å². The SMILES string of the molecule is CO[C@@H]1C[C@@H]2COC(c3ccccc3)O[C@H]2[C@H](S(=O)(=O)c2ccc(C)cc2)[C@H]1S(=O)(=O)c1ccc(C)cc1. The second-order valence-electron chi connectivity index (χ2n) is 10.1. The predicted molar refractivity (Wildman–Crippen MR) is 143 cm³/mol. The first kappa shape index (κ1) is 27.0. The average molecular weight is 557 g/mol. The number of methoxy groups -OCH3 is 1. The zero-order valence-electron chi connectivity index (χ0n) is 21.6. The van der Waals surface area contributed by atoms with E-state index in [2.05, 4.69) is 0 Å². The van der Waals surface area contributed by atoms with E-state index in [1.165, 1.54) is 31.4 Å². The van der Waals surface area contributed by atoms with Crippen LogP contribution < -0.4 is 0 Å². The highest BCUT2D eigenvalue weighted by Crippen LogP contribution is 2.45. The van der Waals surface area contributed by atoms with Crippen LogP contribution >= 0.6 is 0 Å². The summed E-state index contributed by atoms with van der Waals surface area (Å²) in [5.74, 6) is -0.366. The summed E-state index contributed by atoms with van der Waals surface area (Å²) in [6, 6.07) is 22.2. The van der Waals surface area contributed by atoms with E-state index in [-0.39, 0.29) is 22.3 Å². The summed E-state index contributed by atoms with van der Waals surface area (Å²) in [6.45, 7) is 3.95. The third-order valence-corrected chi connectivity index (χ3v) is 12.2. The lowest BCUT2D eigenvalue weighted by atomic mass is 9.83. The van der Waals surface area contributed by atoms with Crippen LogP contribution in [-0.4, -0.2) is 53.3 Å². The maximum absolute atomic E-state index is 14.4. The van der Waals surface area contributed by atoms with Crippen molar-refractivity contribution in [3.05, 3.63) is 95.6 Å². The molecule has 1 aliphatic heterocycles. The van der Waals surface area contributed by atoms with E-state index in [1.807, 2.05) is 44.2 Å². The first-order chi connectivity index (χ1) is 18.1. The number of sulfone groups is 2.